The minimum Gasteiger partial charge on any atom is -0.390 e. The second-order valence-corrected chi connectivity index (χ2v) is 7.60. The molecule has 0 radical (unpaired) electrons. The van der Waals surface area contributed by atoms with E-state index in [9.17, 15) is 13.5 Å². The molecule has 1 atom stereocenters. The van der Waals surface area contributed by atoms with E-state index in [1.54, 1.807) is 19.1 Å². The number of rotatable bonds is 4. The number of hydrogen-bond acceptors (Lipinski definition) is 5. The highest BCUT2D eigenvalue weighted by atomic mass is 32.2. The maximum Gasteiger partial charge on any atom is 0.244 e. The Morgan fingerprint density at radius 1 is 1.38 bits per heavy atom. The number of pyridine rings is 1. The van der Waals surface area contributed by atoms with Gasteiger partial charge in [-0.1, -0.05) is 0 Å². The second kappa shape index (κ2) is 6.29. The first kappa shape index (κ1) is 16.2. The molecule has 1 saturated heterocycles. The van der Waals surface area contributed by atoms with Crippen LogP contribution in [-0.4, -0.2) is 48.0 Å². The predicted octanol–water partition coefficient (Wildman–Crippen LogP) is 1.44. The summed E-state index contributed by atoms with van der Waals surface area (Å²) in [5.74, 6) is 0.662. The maximum atomic E-state index is 12.6. The molecular weight excluding hydrogens is 290 g/mol. The highest BCUT2D eigenvalue weighted by Crippen LogP contribution is 2.25. The number of anilines is 1. The molecule has 0 amide bonds. The summed E-state index contributed by atoms with van der Waals surface area (Å²) in [6, 6.07) is 3.24. The van der Waals surface area contributed by atoms with Crippen molar-refractivity contribution in [2.24, 2.45) is 0 Å². The van der Waals surface area contributed by atoms with Gasteiger partial charge in [0, 0.05) is 25.8 Å². The SMILES string of the molecule is CCNc1ccc(S(=O)(=O)N2CCCC(C)(O)CC2)cn1. The number of aromatic nitrogens is 1. The smallest absolute Gasteiger partial charge is 0.244 e. The summed E-state index contributed by atoms with van der Waals surface area (Å²) in [5.41, 5.74) is -0.780. The third-order valence-electron chi connectivity index (χ3n) is 3.75. The molecule has 2 N–H and O–H groups in total. The first-order valence-corrected chi connectivity index (χ1v) is 8.72. The summed E-state index contributed by atoms with van der Waals surface area (Å²) >= 11 is 0. The minimum atomic E-state index is -3.54. The molecule has 1 aliphatic rings. The molecule has 1 fully saturated rings. The van der Waals surface area contributed by atoms with Gasteiger partial charge in [-0.25, -0.2) is 13.4 Å². The maximum absolute atomic E-state index is 12.6. The van der Waals surface area contributed by atoms with Crippen LogP contribution in [0.4, 0.5) is 5.82 Å². The van der Waals surface area contributed by atoms with Crippen molar-refractivity contribution < 1.29 is 13.5 Å². The van der Waals surface area contributed by atoms with E-state index >= 15 is 0 Å². The molecule has 21 heavy (non-hydrogen) atoms. The fourth-order valence-corrected chi connectivity index (χ4v) is 3.87. The number of nitrogens with one attached hydrogen (secondary N) is 1. The molecule has 1 unspecified atom stereocenters. The Hall–Kier alpha value is -1.18. The highest BCUT2D eigenvalue weighted by molar-refractivity contribution is 7.89. The second-order valence-electron chi connectivity index (χ2n) is 5.66. The summed E-state index contributed by atoms with van der Waals surface area (Å²) < 4.78 is 26.7. The summed E-state index contributed by atoms with van der Waals surface area (Å²) in [6.45, 7) is 5.23. The standard InChI is InChI=1S/C14H23N3O3S/c1-3-15-13-6-5-12(11-16-13)21(19,20)17-9-4-7-14(2,18)8-10-17/h5-6,11,18H,3-4,7-10H2,1-2H3,(H,15,16). The number of nitrogens with zero attached hydrogens (tertiary/aromatic N) is 2. The third-order valence-corrected chi connectivity index (χ3v) is 5.64. The van der Waals surface area contributed by atoms with Gasteiger partial charge in [0.2, 0.25) is 10.0 Å². The van der Waals surface area contributed by atoms with Crippen LogP contribution in [0.3, 0.4) is 0 Å². The number of sulfonamides is 1. The molecule has 118 valence electrons. The minimum absolute atomic E-state index is 0.200. The van der Waals surface area contributed by atoms with Crippen molar-refractivity contribution >= 4 is 15.8 Å². The molecule has 0 aliphatic carbocycles. The van der Waals surface area contributed by atoms with E-state index in [1.807, 2.05) is 6.92 Å². The quantitative estimate of drug-likeness (QED) is 0.879. The molecule has 0 saturated carbocycles. The van der Waals surface area contributed by atoms with Crippen LogP contribution in [0.1, 0.15) is 33.1 Å². The van der Waals surface area contributed by atoms with Crippen LogP contribution < -0.4 is 5.32 Å². The molecule has 2 heterocycles. The molecular formula is C14H23N3O3S. The van der Waals surface area contributed by atoms with Gasteiger partial charge < -0.3 is 10.4 Å². The summed E-state index contributed by atoms with van der Waals surface area (Å²) in [5, 5.41) is 13.1. The topological polar surface area (TPSA) is 82.5 Å². The van der Waals surface area contributed by atoms with Gasteiger partial charge in [0.05, 0.1) is 5.60 Å². The normalized spacial score (nSPS) is 24.5. The van der Waals surface area contributed by atoms with Gasteiger partial charge in [0.15, 0.2) is 0 Å². The lowest BCUT2D eigenvalue weighted by Crippen LogP contribution is -2.33. The zero-order chi connectivity index (χ0) is 15.5. The Kier molecular flexibility index (Phi) is 4.85. The summed E-state index contributed by atoms with van der Waals surface area (Å²) in [6.07, 6.45) is 3.12. The van der Waals surface area contributed by atoms with Crippen LogP contribution in [0.5, 0.6) is 0 Å². The van der Waals surface area contributed by atoms with Crippen molar-refractivity contribution in [2.45, 2.75) is 43.6 Å². The monoisotopic (exact) mass is 313 g/mol. The van der Waals surface area contributed by atoms with Gasteiger partial charge in [-0.2, -0.15) is 4.31 Å². The lowest BCUT2D eigenvalue weighted by molar-refractivity contribution is 0.0465. The molecule has 7 heteroatoms. The zero-order valence-corrected chi connectivity index (χ0v) is 13.4. The van der Waals surface area contributed by atoms with Crippen LogP contribution in [-0.2, 0) is 10.0 Å². The fraction of sp³-hybridized carbons (Fsp3) is 0.643. The Morgan fingerprint density at radius 3 is 2.76 bits per heavy atom. The Labute approximate surface area is 126 Å². The highest BCUT2D eigenvalue weighted by Gasteiger charge is 2.31. The fourth-order valence-electron chi connectivity index (χ4n) is 2.45. The van der Waals surface area contributed by atoms with E-state index in [2.05, 4.69) is 10.3 Å². The molecule has 6 nitrogen and oxygen atoms in total. The first-order valence-electron chi connectivity index (χ1n) is 7.28. The van der Waals surface area contributed by atoms with Gasteiger partial charge in [0.25, 0.3) is 0 Å². The van der Waals surface area contributed by atoms with Crippen LogP contribution in [0.15, 0.2) is 23.2 Å². The molecule has 1 aromatic rings. The van der Waals surface area contributed by atoms with Crippen molar-refractivity contribution in [3.8, 4) is 0 Å². The van der Waals surface area contributed by atoms with Crippen molar-refractivity contribution in [3.63, 3.8) is 0 Å². The summed E-state index contributed by atoms with van der Waals surface area (Å²) in [7, 11) is -3.54. The molecule has 0 spiro atoms. The van der Waals surface area contributed by atoms with Crippen molar-refractivity contribution in [3.05, 3.63) is 18.3 Å². The van der Waals surface area contributed by atoms with Crippen molar-refractivity contribution in [1.29, 1.82) is 0 Å². The summed E-state index contributed by atoms with van der Waals surface area (Å²) in [4.78, 5) is 4.31. The average Bonchev–Trinajstić information content (AvgIpc) is 2.61. The molecule has 1 aliphatic heterocycles. The van der Waals surface area contributed by atoms with E-state index in [-0.39, 0.29) is 4.90 Å². The van der Waals surface area contributed by atoms with Gasteiger partial charge in [-0.3, -0.25) is 0 Å². The van der Waals surface area contributed by atoms with E-state index in [0.29, 0.717) is 38.2 Å². The largest absolute Gasteiger partial charge is 0.390 e. The number of aliphatic hydroxyl groups is 1. The Bertz CT molecular complexity index is 570. The van der Waals surface area contributed by atoms with E-state index < -0.39 is 15.6 Å². The third kappa shape index (κ3) is 3.93. The van der Waals surface area contributed by atoms with Gasteiger partial charge in [-0.05, 0) is 45.2 Å². The van der Waals surface area contributed by atoms with Gasteiger partial charge >= 0.3 is 0 Å². The number of hydrogen-bond donors (Lipinski definition) is 2. The lowest BCUT2D eigenvalue weighted by atomic mass is 9.98. The predicted molar refractivity (Wildman–Crippen MR) is 81.6 cm³/mol. The Morgan fingerprint density at radius 2 is 2.14 bits per heavy atom. The van der Waals surface area contributed by atoms with Gasteiger partial charge in [0.1, 0.15) is 10.7 Å². The molecule has 2 rings (SSSR count). The van der Waals surface area contributed by atoms with Crippen molar-refractivity contribution in [1.82, 2.24) is 9.29 Å². The van der Waals surface area contributed by atoms with E-state index in [4.69, 9.17) is 0 Å². The molecule has 1 aromatic heterocycles. The lowest BCUT2D eigenvalue weighted by Gasteiger charge is -2.22. The molecule has 0 aromatic carbocycles. The van der Waals surface area contributed by atoms with E-state index in [0.717, 1.165) is 6.54 Å². The van der Waals surface area contributed by atoms with Crippen molar-refractivity contribution in [2.75, 3.05) is 25.0 Å². The zero-order valence-electron chi connectivity index (χ0n) is 12.5. The first-order chi connectivity index (χ1) is 9.85. The average molecular weight is 313 g/mol. The van der Waals surface area contributed by atoms with E-state index in [1.165, 1.54) is 10.5 Å². The van der Waals surface area contributed by atoms with Crippen LogP contribution in [0.2, 0.25) is 0 Å². The molecule has 0 bridgehead atoms. The van der Waals surface area contributed by atoms with Crippen LogP contribution in [0, 0.1) is 0 Å². The van der Waals surface area contributed by atoms with Gasteiger partial charge in [-0.15, -0.1) is 0 Å². The van der Waals surface area contributed by atoms with Crippen LogP contribution in [0.25, 0.3) is 0 Å². The Balaban J connectivity index is 2.17. The van der Waals surface area contributed by atoms with Crippen LogP contribution >= 0.6 is 0 Å².